The summed E-state index contributed by atoms with van der Waals surface area (Å²) in [4.78, 5) is 2.54. The van der Waals surface area contributed by atoms with Gasteiger partial charge in [-0.3, -0.25) is 0 Å². The van der Waals surface area contributed by atoms with Gasteiger partial charge in [-0.2, -0.15) is 11.8 Å². The highest BCUT2D eigenvalue weighted by atomic mass is 32.2. The zero-order valence-electron chi connectivity index (χ0n) is 13.1. The second-order valence-corrected chi connectivity index (χ2v) is 6.77. The normalized spacial score (nSPS) is 20.9. The lowest BCUT2D eigenvalue weighted by molar-refractivity contribution is 0.518. The predicted molar refractivity (Wildman–Crippen MR) is 91.9 cm³/mol. The fourth-order valence-electron chi connectivity index (χ4n) is 2.83. The van der Waals surface area contributed by atoms with Gasteiger partial charge in [0.05, 0.1) is 0 Å². The van der Waals surface area contributed by atoms with E-state index in [1.165, 1.54) is 35.7 Å². The molecule has 20 heavy (non-hydrogen) atoms. The topological polar surface area (TPSA) is 15.3 Å². The van der Waals surface area contributed by atoms with E-state index in [1.807, 2.05) is 0 Å². The van der Waals surface area contributed by atoms with E-state index in [0.29, 0.717) is 12.1 Å². The number of hydrogen-bond acceptors (Lipinski definition) is 3. The third-order valence-electron chi connectivity index (χ3n) is 4.04. The maximum Gasteiger partial charge on any atom is 0.0369 e. The molecule has 2 rings (SSSR count). The van der Waals surface area contributed by atoms with Crippen LogP contribution in [0.15, 0.2) is 24.3 Å². The molecule has 0 amide bonds. The summed E-state index contributed by atoms with van der Waals surface area (Å²) in [7, 11) is 0. The highest BCUT2D eigenvalue weighted by Crippen LogP contribution is 2.26. The molecule has 0 aromatic heterocycles. The molecule has 0 radical (unpaired) electrons. The van der Waals surface area contributed by atoms with Gasteiger partial charge in [0.2, 0.25) is 0 Å². The van der Waals surface area contributed by atoms with E-state index in [4.69, 9.17) is 0 Å². The first-order chi connectivity index (χ1) is 9.76. The van der Waals surface area contributed by atoms with E-state index in [9.17, 15) is 0 Å². The Balaban J connectivity index is 2.04. The Labute approximate surface area is 128 Å². The largest absolute Gasteiger partial charge is 0.367 e. The maximum atomic E-state index is 3.63. The minimum Gasteiger partial charge on any atom is -0.367 e. The Morgan fingerprint density at radius 3 is 2.65 bits per heavy atom. The molecule has 3 heteroatoms. The van der Waals surface area contributed by atoms with Crippen molar-refractivity contribution in [3.63, 3.8) is 0 Å². The first-order valence-electron chi connectivity index (χ1n) is 7.94. The van der Waals surface area contributed by atoms with Crippen molar-refractivity contribution in [1.82, 2.24) is 5.32 Å². The van der Waals surface area contributed by atoms with Crippen LogP contribution in [0.2, 0.25) is 0 Å². The van der Waals surface area contributed by atoms with Crippen LogP contribution in [-0.2, 0) is 0 Å². The summed E-state index contributed by atoms with van der Waals surface area (Å²) in [6, 6.07) is 10.4. The van der Waals surface area contributed by atoms with Gasteiger partial charge in [0.15, 0.2) is 0 Å². The van der Waals surface area contributed by atoms with E-state index in [0.717, 1.165) is 13.0 Å². The predicted octanol–water partition coefficient (Wildman–Crippen LogP) is 4.08. The Bertz CT molecular complexity index is 390. The fourth-order valence-corrected chi connectivity index (χ4v) is 3.84. The third-order valence-corrected chi connectivity index (χ3v) is 5.23. The van der Waals surface area contributed by atoms with E-state index < -0.39 is 0 Å². The van der Waals surface area contributed by atoms with Gasteiger partial charge < -0.3 is 10.2 Å². The number of benzene rings is 1. The molecule has 1 fully saturated rings. The molecule has 1 N–H and O–H groups in total. The minimum absolute atomic E-state index is 0.498. The zero-order chi connectivity index (χ0) is 14.4. The third kappa shape index (κ3) is 3.92. The summed E-state index contributed by atoms with van der Waals surface area (Å²) < 4.78 is 0. The second kappa shape index (κ2) is 7.94. The minimum atomic E-state index is 0.498. The Morgan fingerprint density at radius 2 is 2.05 bits per heavy atom. The van der Waals surface area contributed by atoms with Crippen molar-refractivity contribution < 1.29 is 0 Å². The lowest BCUT2D eigenvalue weighted by Gasteiger charge is -2.35. The molecule has 1 saturated heterocycles. The van der Waals surface area contributed by atoms with Crippen LogP contribution in [0.5, 0.6) is 0 Å². The summed E-state index contributed by atoms with van der Waals surface area (Å²) in [6.07, 6.45) is 2.34. The first kappa shape index (κ1) is 15.7. The molecule has 2 nitrogen and oxygen atoms in total. The molecule has 1 aromatic rings. The van der Waals surface area contributed by atoms with Crippen molar-refractivity contribution in [1.29, 1.82) is 0 Å². The molecule has 1 heterocycles. The molecule has 0 spiro atoms. The molecular formula is C17H28N2S. The molecular weight excluding hydrogens is 264 g/mol. The van der Waals surface area contributed by atoms with Gasteiger partial charge in [0, 0.05) is 35.8 Å². The summed E-state index contributed by atoms with van der Waals surface area (Å²) in [5.41, 5.74) is 2.80. The van der Waals surface area contributed by atoms with Gasteiger partial charge in [-0.1, -0.05) is 26.0 Å². The molecule has 112 valence electrons. The summed E-state index contributed by atoms with van der Waals surface area (Å²) in [5.74, 6) is 2.50. The van der Waals surface area contributed by atoms with E-state index in [1.54, 1.807) is 0 Å². The van der Waals surface area contributed by atoms with E-state index in [2.05, 4.69) is 67.0 Å². The van der Waals surface area contributed by atoms with Crippen LogP contribution in [0.1, 0.15) is 45.2 Å². The SMILES string of the molecule is CCCNC(CC)c1ccc(N2CCSCC2C)cc1. The van der Waals surface area contributed by atoms with Crippen molar-refractivity contribution in [3.8, 4) is 0 Å². The van der Waals surface area contributed by atoms with Gasteiger partial charge in [-0.05, 0) is 44.0 Å². The average molecular weight is 292 g/mol. The fraction of sp³-hybridized carbons (Fsp3) is 0.647. The Kier molecular flexibility index (Phi) is 6.24. The number of nitrogens with zero attached hydrogens (tertiary/aromatic N) is 1. The number of anilines is 1. The highest BCUT2D eigenvalue weighted by Gasteiger charge is 2.19. The van der Waals surface area contributed by atoms with Crippen molar-refractivity contribution >= 4 is 17.4 Å². The van der Waals surface area contributed by atoms with Crippen molar-refractivity contribution in [2.75, 3.05) is 29.5 Å². The van der Waals surface area contributed by atoms with Crippen LogP contribution in [0.25, 0.3) is 0 Å². The van der Waals surface area contributed by atoms with Crippen LogP contribution in [0.3, 0.4) is 0 Å². The zero-order valence-corrected chi connectivity index (χ0v) is 13.9. The van der Waals surface area contributed by atoms with Crippen LogP contribution >= 0.6 is 11.8 Å². The first-order valence-corrected chi connectivity index (χ1v) is 9.09. The van der Waals surface area contributed by atoms with Crippen molar-refractivity contribution in [3.05, 3.63) is 29.8 Å². The maximum absolute atomic E-state index is 3.63. The number of thioether (sulfide) groups is 1. The summed E-state index contributed by atoms with van der Waals surface area (Å²) >= 11 is 2.07. The van der Waals surface area contributed by atoms with Crippen molar-refractivity contribution in [2.45, 2.75) is 45.7 Å². The lowest BCUT2D eigenvalue weighted by atomic mass is 10.0. The molecule has 2 unspecified atom stereocenters. The summed E-state index contributed by atoms with van der Waals surface area (Å²) in [6.45, 7) is 9.08. The van der Waals surface area contributed by atoms with Gasteiger partial charge >= 0.3 is 0 Å². The quantitative estimate of drug-likeness (QED) is 0.850. The molecule has 2 atom stereocenters. The van der Waals surface area contributed by atoms with Gasteiger partial charge in [0.1, 0.15) is 0 Å². The number of hydrogen-bond donors (Lipinski definition) is 1. The van der Waals surface area contributed by atoms with Crippen LogP contribution in [-0.4, -0.2) is 30.6 Å². The molecule has 1 aromatic carbocycles. The molecule has 1 aliphatic heterocycles. The van der Waals surface area contributed by atoms with Crippen LogP contribution in [0.4, 0.5) is 5.69 Å². The molecule has 1 aliphatic rings. The lowest BCUT2D eigenvalue weighted by Crippen LogP contribution is -2.40. The number of rotatable bonds is 6. The summed E-state index contributed by atoms with van der Waals surface area (Å²) in [5, 5.41) is 3.63. The second-order valence-electron chi connectivity index (χ2n) is 5.62. The van der Waals surface area contributed by atoms with Gasteiger partial charge in [-0.15, -0.1) is 0 Å². The van der Waals surface area contributed by atoms with Crippen LogP contribution in [0, 0.1) is 0 Å². The van der Waals surface area contributed by atoms with Crippen molar-refractivity contribution in [2.24, 2.45) is 0 Å². The van der Waals surface area contributed by atoms with Gasteiger partial charge in [-0.25, -0.2) is 0 Å². The molecule has 0 saturated carbocycles. The smallest absolute Gasteiger partial charge is 0.0369 e. The highest BCUT2D eigenvalue weighted by molar-refractivity contribution is 7.99. The monoisotopic (exact) mass is 292 g/mol. The molecule has 0 bridgehead atoms. The standard InChI is InChI=1S/C17H28N2S/c1-4-10-18-17(5-2)15-6-8-16(9-7-15)19-11-12-20-13-14(19)3/h6-9,14,17-18H,4-5,10-13H2,1-3H3. The Morgan fingerprint density at radius 1 is 1.30 bits per heavy atom. The average Bonchev–Trinajstić information content (AvgIpc) is 2.49. The van der Waals surface area contributed by atoms with Crippen LogP contribution < -0.4 is 10.2 Å². The van der Waals surface area contributed by atoms with E-state index in [-0.39, 0.29) is 0 Å². The molecule has 0 aliphatic carbocycles. The number of nitrogens with one attached hydrogen (secondary N) is 1. The Hall–Kier alpha value is -0.670. The van der Waals surface area contributed by atoms with Gasteiger partial charge in [0.25, 0.3) is 0 Å². The van der Waals surface area contributed by atoms with E-state index >= 15 is 0 Å².